The van der Waals surface area contributed by atoms with Crippen molar-refractivity contribution in [3.05, 3.63) is 43.2 Å². The summed E-state index contributed by atoms with van der Waals surface area (Å²) in [7, 11) is 0. The van der Waals surface area contributed by atoms with Gasteiger partial charge in [-0.15, -0.1) is 11.3 Å². The van der Waals surface area contributed by atoms with Crippen LogP contribution in [0.2, 0.25) is 0 Å². The van der Waals surface area contributed by atoms with Gasteiger partial charge < -0.3 is 4.74 Å². The highest BCUT2D eigenvalue weighted by atomic mass is 32.1. The normalized spacial score (nSPS) is 16.4. The molecule has 0 saturated carbocycles. The summed E-state index contributed by atoms with van der Waals surface area (Å²) < 4.78 is 5.33. The van der Waals surface area contributed by atoms with Crippen LogP contribution < -0.4 is 0 Å². The fourth-order valence-corrected chi connectivity index (χ4v) is 3.57. The van der Waals surface area contributed by atoms with Crippen LogP contribution in [0.5, 0.6) is 0 Å². The van der Waals surface area contributed by atoms with E-state index in [4.69, 9.17) is 4.74 Å². The van der Waals surface area contributed by atoms with Crippen LogP contribution in [-0.4, -0.2) is 41.1 Å². The monoisotopic (exact) mass is 337 g/mol. The van der Waals surface area contributed by atoms with Gasteiger partial charge in [0.1, 0.15) is 5.01 Å². The number of rotatable bonds is 5. The molecule has 0 amide bonds. The molecule has 0 radical (unpaired) electrons. The zero-order valence-corrected chi connectivity index (χ0v) is 13.4. The lowest BCUT2D eigenvalue weighted by molar-refractivity contribution is -0.380. The number of hydrogen-bond donors (Lipinski definition) is 0. The molecule has 0 unspecified atom stereocenters. The highest BCUT2D eigenvalue weighted by Gasteiger charge is 2.12. The first-order valence-corrected chi connectivity index (χ1v) is 8.57. The Balaban J connectivity index is 1.60. The van der Waals surface area contributed by atoms with Crippen molar-refractivity contribution >= 4 is 39.8 Å². The Morgan fingerprint density at radius 2 is 2.18 bits per heavy atom. The molecule has 3 heterocycles. The van der Waals surface area contributed by atoms with Crippen molar-refractivity contribution in [2.75, 3.05) is 26.3 Å². The van der Waals surface area contributed by atoms with E-state index in [9.17, 15) is 10.1 Å². The molecule has 6 nitrogen and oxygen atoms in total. The molecule has 1 saturated heterocycles. The van der Waals surface area contributed by atoms with Gasteiger partial charge in [0, 0.05) is 36.0 Å². The number of thiophene rings is 1. The Bertz CT molecular complexity index is 674. The Morgan fingerprint density at radius 3 is 2.91 bits per heavy atom. The second kappa shape index (κ2) is 7.10. The lowest BCUT2D eigenvalue weighted by Crippen LogP contribution is -2.35. The molecule has 1 aliphatic heterocycles. The number of thiazole rings is 1. The molecule has 0 aromatic carbocycles. The van der Waals surface area contributed by atoms with Crippen molar-refractivity contribution in [1.29, 1.82) is 0 Å². The summed E-state index contributed by atoms with van der Waals surface area (Å²) in [6.07, 6.45) is 3.78. The molecular formula is C14H15N3O3S2. The number of morpholine rings is 1. The van der Waals surface area contributed by atoms with E-state index >= 15 is 0 Å². The van der Waals surface area contributed by atoms with Crippen LogP contribution in [0.3, 0.4) is 0 Å². The van der Waals surface area contributed by atoms with E-state index in [2.05, 4.69) is 15.3 Å². The number of nitro groups is 1. The molecule has 0 spiro atoms. The molecule has 1 aliphatic rings. The summed E-state index contributed by atoms with van der Waals surface area (Å²) >= 11 is 2.75. The van der Waals surface area contributed by atoms with Gasteiger partial charge in [-0.05, 0) is 18.2 Å². The summed E-state index contributed by atoms with van der Waals surface area (Å²) in [5, 5.41) is 13.8. The van der Waals surface area contributed by atoms with E-state index < -0.39 is 0 Å². The highest BCUT2D eigenvalue weighted by Crippen LogP contribution is 2.26. The van der Waals surface area contributed by atoms with Crippen molar-refractivity contribution in [1.82, 2.24) is 9.88 Å². The predicted octanol–water partition coefficient (Wildman–Crippen LogP) is 3.12. The van der Waals surface area contributed by atoms with Gasteiger partial charge in [0.25, 0.3) is 0 Å². The molecule has 2 aromatic heterocycles. The number of ether oxygens (including phenoxy) is 1. The summed E-state index contributed by atoms with van der Waals surface area (Å²) in [6.45, 7) is 4.31. The van der Waals surface area contributed by atoms with Crippen molar-refractivity contribution in [3.8, 4) is 0 Å². The summed E-state index contributed by atoms with van der Waals surface area (Å²) in [5.74, 6) is 0. The van der Waals surface area contributed by atoms with Crippen LogP contribution in [0.15, 0.2) is 17.5 Å². The zero-order valence-electron chi connectivity index (χ0n) is 11.8. The Kier molecular flexibility index (Phi) is 4.94. The second-order valence-corrected chi connectivity index (χ2v) is 6.82. The van der Waals surface area contributed by atoms with Crippen molar-refractivity contribution in [2.45, 2.75) is 6.54 Å². The van der Waals surface area contributed by atoms with Crippen LogP contribution in [0, 0.1) is 10.1 Å². The van der Waals surface area contributed by atoms with Gasteiger partial charge in [-0.3, -0.25) is 15.0 Å². The maximum Gasteiger partial charge on any atom is 0.324 e. The van der Waals surface area contributed by atoms with Gasteiger partial charge in [0.2, 0.25) is 0 Å². The van der Waals surface area contributed by atoms with Gasteiger partial charge in [-0.2, -0.15) is 0 Å². The third-order valence-electron chi connectivity index (χ3n) is 3.24. The van der Waals surface area contributed by atoms with Crippen LogP contribution in [-0.2, 0) is 11.3 Å². The number of nitrogens with zero attached hydrogens (tertiary/aromatic N) is 3. The SMILES string of the molecule is O=[N+]([O-])c1ccc(/C=C/c2nc(CN3CCOCC3)cs2)s1. The molecular weight excluding hydrogens is 322 g/mol. The quantitative estimate of drug-likeness (QED) is 0.619. The maximum atomic E-state index is 10.6. The molecule has 0 aliphatic carbocycles. The standard InChI is InChI=1S/C14H15N3O3S2/c18-17(19)14-4-2-12(22-14)1-3-13-15-11(10-21-13)9-16-5-7-20-8-6-16/h1-4,10H,5-9H2/b3-1+. The van der Waals surface area contributed by atoms with Crippen LogP contribution >= 0.6 is 22.7 Å². The van der Waals surface area contributed by atoms with Crippen molar-refractivity contribution < 1.29 is 9.66 Å². The molecule has 0 N–H and O–H groups in total. The molecule has 116 valence electrons. The highest BCUT2D eigenvalue weighted by molar-refractivity contribution is 7.16. The van der Waals surface area contributed by atoms with E-state index in [0.29, 0.717) is 0 Å². The summed E-state index contributed by atoms with van der Waals surface area (Å²) in [4.78, 5) is 18.0. The van der Waals surface area contributed by atoms with E-state index in [1.807, 2.05) is 12.2 Å². The molecule has 1 fully saturated rings. The van der Waals surface area contributed by atoms with E-state index in [1.54, 1.807) is 17.4 Å². The first kappa shape index (κ1) is 15.3. The first-order chi connectivity index (χ1) is 10.7. The van der Waals surface area contributed by atoms with E-state index in [-0.39, 0.29) is 9.92 Å². The van der Waals surface area contributed by atoms with E-state index in [0.717, 1.165) is 59.8 Å². The second-order valence-electron chi connectivity index (χ2n) is 4.83. The molecule has 22 heavy (non-hydrogen) atoms. The lowest BCUT2D eigenvalue weighted by Gasteiger charge is -2.25. The summed E-state index contributed by atoms with van der Waals surface area (Å²) in [6, 6.07) is 3.28. The van der Waals surface area contributed by atoms with Crippen molar-refractivity contribution in [3.63, 3.8) is 0 Å². The average Bonchev–Trinajstić information content (AvgIpc) is 3.15. The Hall–Kier alpha value is -1.61. The minimum Gasteiger partial charge on any atom is -0.379 e. The largest absolute Gasteiger partial charge is 0.379 e. The average molecular weight is 337 g/mol. The predicted molar refractivity (Wildman–Crippen MR) is 88.1 cm³/mol. The topological polar surface area (TPSA) is 68.5 Å². The Morgan fingerprint density at radius 1 is 1.36 bits per heavy atom. The third kappa shape index (κ3) is 3.98. The Labute approximate surface area is 135 Å². The number of aromatic nitrogens is 1. The van der Waals surface area contributed by atoms with Gasteiger partial charge in [-0.1, -0.05) is 11.3 Å². The smallest absolute Gasteiger partial charge is 0.324 e. The van der Waals surface area contributed by atoms with Crippen LogP contribution in [0.4, 0.5) is 5.00 Å². The van der Waals surface area contributed by atoms with Crippen LogP contribution in [0.25, 0.3) is 12.2 Å². The maximum absolute atomic E-state index is 10.6. The lowest BCUT2D eigenvalue weighted by atomic mass is 10.3. The minimum atomic E-state index is -0.369. The van der Waals surface area contributed by atoms with Crippen LogP contribution in [0.1, 0.15) is 15.6 Å². The zero-order chi connectivity index (χ0) is 15.4. The van der Waals surface area contributed by atoms with Crippen molar-refractivity contribution in [2.24, 2.45) is 0 Å². The first-order valence-electron chi connectivity index (χ1n) is 6.87. The molecule has 0 bridgehead atoms. The van der Waals surface area contributed by atoms with Gasteiger partial charge in [-0.25, -0.2) is 4.98 Å². The summed E-state index contributed by atoms with van der Waals surface area (Å²) in [5.41, 5.74) is 1.06. The number of hydrogen-bond acceptors (Lipinski definition) is 7. The minimum absolute atomic E-state index is 0.159. The fraction of sp³-hybridized carbons (Fsp3) is 0.357. The van der Waals surface area contributed by atoms with Gasteiger partial charge in [0.15, 0.2) is 0 Å². The molecule has 3 rings (SSSR count). The molecule has 8 heteroatoms. The fourth-order valence-electron chi connectivity index (χ4n) is 2.14. The molecule has 0 atom stereocenters. The third-order valence-corrected chi connectivity index (χ3v) is 5.10. The van der Waals surface area contributed by atoms with Gasteiger partial charge >= 0.3 is 5.00 Å². The van der Waals surface area contributed by atoms with E-state index in [1.165, 1.54) is 6.07 Å². The van der Waals surface area contributed by atoms with Gasteiger partial charge in [0.05, 0.1) is 23.8 Å². The molecule has 2 aromatic rings.